The number of benzene rings is 1. The van der Waals surface area contributed by atoms with Gasteiger partial charge in [-0.1, -0.05) is 62.2 Å². The van der Waals surface area contributed by atoms with Crippen LogP contribution in [0, 0.1) is 0 Å². The zero-order chi connectivity index (χ0) is 14.3. The molecule has 1 aliphatic carbocycles. The number of hydrogen-bond donors (Lipinski definition) is 2. The molecule has 0 bridgehead atoms. The first kappa shape index (κ1) is 15.6. The Bertz CT molecular complexity index is 487. The van der Waals surface area contributed by atoms with Crippen molar-refractivity contribution in [2.45, 2.75) is 32.6 Å². The van der Waals surface area contributed by atoms with Crippen molar-refractivity contribution in [2.24, 2.45) is 0 Å². The van der Waals surface area contributed by atoms with Crippen molar-refractivity contribution >= 4 is 53.6 Å². The van der Waals surface area contributed by atoms with Crippen molar-refractivity contribution in [2.75, 3.05) is 0 Å². The Kier molecular flexibility index (Phi) is 4.30. The predicted octanol–water partition coefficient (Wildman–Crippen LogP) is 2.89. The van der Waals surface area contributed by atoms with Crippen LogP contribution in [0.4, 0.5) is 0 Å². The van der Waals surface area contributed by atoms with Crippen LogP contribution in [0.15, 0.2) is 30.3 Å². The Balaban J connectivity index is 2.40. The molecule has 19 heavy (non-hydrogen) atoms. The number of hydrogen-bond acceptors (Lipinski definition) is 3. The molecular formula is C13H13Br3O3. The first-order chi connectivity index (χ1) is 8.71. The van der Waals surface area contributed by atoms with Gasteiger partial charge < -0.3 is 10.2 Å². The van der Waals surface area contributed by atoms with Crippen molar-refractivity contribution in [1.82, 2.24) is 0 Å². The molecule has 104 valence electrons. The molecule has 0 aliphatic heterocycles. The SMILES string of the molecule is O=C1CCC(Br)(Br)C(O)(Br)C1(O)Cc1ccccc1. The van der Waals surface area contributed by atoms with E-state index in [1.54, 1.807) is 0 Å². The third-order valence-corrected chi connectivity index (χ3v) is 7.80. The predicted molar refractivity (Wildman–Crippen MR) is 83.8 cm³/mol. The largest absolute Gasteiger partial charge is 0.378 e. The molecule has 0 aromatic heterocycles. The molecule has 1 fully saturated rings. The van der Waals surface area contributed by atoms with E-state index in [2.05, 4.69) is 47.8 Å². The summed E-state index contributed by atoms with van der Waals surface area (Å²) in [7, 11) is 0. The van der Waals surface area contributed by atoms with E-state index in [1.165, 1.54) is 0 Å². The quantitative estimate of drug-likeness (QED) is 0.673. The summed E-state index contributed by atoms with van der Waals surface area (Å²) in [5.41, 5.74) is -1.10. The highest BCUT2D eigenvalue weighted by atomic mass is 79.9. The fourth-order valence-corrected chi connectivity index (χ4v) is 3.85. The minimum Gasteiger partial charge on any atom is -0.378 e. The Hall–Kier alpha value is 0.250. The highest BCUT2D eigenvalue weighted by molar-refractivity contribution is 9.26. The van der Waals surface area contributed by atoms with Gasteiger partial charge in [0.1, 0.15) is 3.23 Å². The normalized spacial score (nSPS) is 34.3. The van der Waals surface area contributed by atoms with Crippen molar-refractivity contribution in [1.29, 1.82) is 0 Å². The maximum absolute atomic E-state index is 12.1. The van der Waals surface area contributed by atoms with Crippen LogP contribution in [0.3, 0.4) is 0 Å². The maximum Gasteiger partial charge on any atom is 0.180 e. The van der Waals surface area contributed by atoms with Crippen LogP contribution in [0.1, 0.15) is 18.4 Å². The molecular weight excluding hydrogens is 444 g/mol. The molecule has 0 saturated heterocycles. The molecule has 2 unspecified atom stereocenters. The van der Waals surface area contributed by atoms with Crippen molar-refractivity contribution in [3.63, 3.8) is 0 Å². The lowest BCUT2D eigenvalue weighted by molar-refractivity contribution is -0.161. The summed E-state index contributed by atoms with van der Waals surface area (Å²) in [6, 6.07) is 9.14. The van der Waals surface area contributed by atoms with Gasteiger partial charge in [0.2, 0.25) is 0 Å². The number of ketones is 1. The van der Waals surface area contributed by atoms with E-state index in [4.69, 9.17) is 0 Å². The summed E-state index contributed by atoms with van der Waals surface area (Å²) in [6.07, 6.45) is 0.617. The second-order valence-corrected chi connectivity index (χ2v) is 9.69. The summed E-state index contributed by atoms with van der Waals surface area (Å²) in [5.74, 6) is -0.370. The Morgan fingerprint density at radius 3 is 2.26 bits per heavy atom. The third kappa shape index (κ3) is 2.58. The Labute approximate surface area is 136 Å². The van der Waals surface area contributed by atoms with Gasteiger partial charge in [0.05, 0.1) is 0 Å². The van der Waals surface area contributed by atoms with Crippen LogP contribution in [-0.2, 0) is 11.2 Å². The van der Waals surface area contributed by atoms with Gasteiger partial charge in [-0.05, 0) is 27.9 Å². The lowest BCUT2D eigenvalue weighted by Crippen LogP contribution is -2.67. The van der Waals surface area contributed by atoms with Gasteiger partial charge in [-0.2, -0.15) is 0 Å². The van der Waals surface area contributed by atoms with Crippen LogP contribution in [-0.4, -0.2) is 29.3 Å². The van der Waals surface area contributed by atoms with Crippen molar-refractivity contribution in [3.05, 3.63) is 35.9 Å². The first-order valence-electron chi connectivity index (χ1n) is 5.79. The molecule has 0 amide bonds. The molecule has 1 saturated carbocycles. The Morgan fingerprint density at radius 1 is 1.11 bits per heavy atom. The lowest BCUT2D eigenvalue weighted by Gasteiger charge is -2.49. The van der Waals surface area contributed by atoms with Crippen molar-refractivity contribution in [3.8, 4) is 0 Å². The Morgan fingerprint density at radius 2 is 1.68 bits per heavy atom. The first-order valence-corrected chi connectivity index (χ1v) is 8.17. The molecule has 2 N–H and O–H groups in total. The molecule has 1 aromatic rings. The summed E-state index contributed by atoms with van der Waals surface area (Å²) in [4.78, 5) is 12.1. The average molecular weight is 457 g/mol. The van der Waals surface area contributed by atoms with E-state index in [0.717, 1.165) is 5.56 Å². The van der Waals surface area contributed by atoms with Gasteiger partial charge in [-0.15, -0.1) is 0 Å². The van der Waals surface area contributed by atoms with Crippen molar-refractivity contribution < 1.29 is 15.0 Å². The zero-order valence-corrected chi connectivity index (χ0v) is 14.7. The molecule has 2 rings (SSSR count). The van der Waals surface area contributed by atoms with E-state index in [0.29, 0.717) is 6.42 Å². The van der Waals surface area contributed by atoms with Crippen LogP contribution in [0.2, 0.25) is 0 Å². The van der Waals surface area contributed by atoms with E-state index < -0.39 is 13.3 Å². The summed E-state index contributed by atoms with van der Waals surface area (Å²) >= 11 is 9.80. The number of carbonyl (C=O) groups is 1. The fraction of sp³-hybridized carbons (Fsp3) is 0.462. The maximum atomic E-state index is 12.1. The third-order valence-electron chi connectivity index (χ3n) is 3.46. The van der Waals surface area contributed by atoms with E-state index >= 15 is 0 Å². The van der Waals surface area contributed by atoms with E-state index in [9.17, 15) is 15.0 Å². The van der Waals surface area contributed by atoms with Crippen LogP contribution in [0.5, 0.6) is 0 Å². The average Bonchev–Trinajstić information content (AvgIpc) is 2.35. The molecule has 3 nitrogen and oxygen atoms in total. The minimum absolute atomic E-state index is 0.0490. The minimum atomic E-state index is -1.89. The van der Waals surface area contributed by atoms with Crippen LogP contribution >= 0.6 is 47.8 Å². The highest BCUT2D eigenvalue weighted by Gasteiger charge is 2.65. The molecule has 1 aliphatic rings. The smallest absolute Gasteiger partial charge is 0.180 e. The van der Waals surface area contributed by atoms with E-state index in [-0.39, 0.29) is 18.6 Å². The van der Waals surface area contributed by atoms with Crippen LogP contribution < -0.4 is 0 Å². The molecule has 1 aromatic carbocycles. The van der Waals surface area contributed by atoms with Gasteiger partial charge >= 0.3 is 0 Å². The summed E-state index contributed by atoms with van der Waals surface area (Å²) < 4.78 is -2.75. The topological polar surface area (TPSA) is 57.5 Å². The number of carbonyl (C=O) groups excluding carboxylic acids is 1. The zero-order valence-electron chi connectivity index (χ0n) is 9.94. The number of Topliss-reactive ketones (excluding diaryl/α,β-unsaturated/α-hetero) is 1. The fourth-order valence-electron chi connectivity index (χ4n) is 2.24. The molecule has 2 atom stereocenters. The number of halogens is 3. The molecule has 0 spiro atoms. The van der Waals surface area contributed by atoms with Crippen LogP contribution in [0.25, 0.3) is 0 Å². The van der Waals surface area contributed by atoms with Gasteiger partial charge in [0, 0.05) is 12.8 Å². The van der Waals surface area contributed by atoms with Gasteiger partial charge in [0.25, 0.3) is 0 Å². The highest BCUT2D eigenvalue weighted by Crippen LogP contribution is 2.55. The number of alkyl halides is 3. The lowest BCUT2D eigenvalue weighted by atomic mass is 9.77. The van der Waals surface area contributed by atoms with Gasteiger partial charge in [-0.3, -0.25) is 4.79 Å². The summed E-state index contributed by atoms with van der Waals surface area (Å²) in [6.45, 7) is 0. The standard InChI is InChI=1S/C13H13Br3O3/c14-12(15)7-6-10(17)11(18,13(12,16)19)8-9-4-2-1-3-5-9/h1-5,18-19H,6-8H2. The summed E-state index contributed by atoms with van der Waals surface area (Å²) in [5, 5.41) is 21.4. The molecule has 0 heterocycles. The second kappa shape index (κ2) is 5.22. The monoisotopic (exact) mass is 454 g/mol. The van der Waals surface area contributed by atoms with Gasteiger partial charge in [-0.25, -0.2) is 0 Å². The number of rotatable bonds is 2. The van der Waals surface area contributed by atoms with Gasteiger partial charge in [0.15, 0.2) is 15.9 Å². The molecule has 6 heteroatoms. The van der Waals surface area contributed by atoms with E-state index in [1.807, 2.05) is 30.3 Å². The second-order valence-electron chi connectivity index (χ2n) is 4.77. The number of aliphatic hydroxyl groups is 2. The molecule has 0 radical (unpaired) electrons.